The minimum atomic E-state index is 0.107. The summed E-state index contributed by atoms with van der Waals surface area (Å²) in [6.07, 6.45) is 5.24. The van der Waals surface area contributed by atoms with Crippen molar-refractivity contribution in [1.82, 2.24) is 14.8 Å². The van der Waals surface area contributed by atoms with Crippen LogP contribution in [0, 0.1) is 5.92 Å². The minimum absolute atomic E-state index is 0.107. The summed E-state index contributed by atoms with van der Waals surface area (Å²) in [4.78, 5) is 20.2. The molecule has 5 heteroatoms. The number of methoxy groups -OCH3 is 1. The highest BCUT2D eigenvalue weighted by Gasteiger charge is 2.24. The Morgan fingerprint density at radius 2 is 2.22 bits per heavy atom. The van der Waals surface area contributed by atoms with E-state index in [2.05, 4.69) is 35.0 Å². The van der Waals surface area contributed by atoms with Gasteiger partial charge in [-0.2, -0.15) is 0 Å². The molecule has 3 rings (SSSR count). The summed E-state index contributed by atoms with van der Waals surface area (Å²) in [5, 5.41) is 0. The number of carbonyl (C=O) groups is 1. The van der Waals surface area contributed by atoms with Gasteiger partial charge in [-0.15, -0.1) is 0 Å². The van der Waals surface area contributed by atoms with E-state index in [1.807, 2.05) is 29.3 Å². The lowest BCUT2D eigenvalue weighted by Crippen LogP contribution is -2.43. The highest BCUT2D eigenvalue weighted by molar-refractivity contribution is 5.92. The van der Waals surface area contributed by atoms with Crippen molar-refractivity contribution in [3.05, 3.63) is 53.9 Å². The van der Waals surface area contributed by atoms with E-state index in [1.54, 1.807) is 7.11 Å². The third-order valence-corrected chi connectivity index (χ3v) is 5.43. The number of aromatic nitrogens is 1. The second-order valence-corrected chi connectivity index (χ2v) is 7.34. The van der Waals surface area contributed by atoms with Crippen LogP contribution < -0.4 is 4.74 Å². The van der Waals surface area contributed by atoms with Gasteiger partial charge in [-0.05, 0) is 68.5 Å². The molecule has 1 saturated heterocycles. The average molecular weight is 370 g/mol. The van der Waals surface area contributed by atoms with Crippen molar-refractivity contribution in [2.45, 2.75) is 26.2 Å². The molecule has 2 aromatic rings. The van der Waals surface area contributed by atoms with Gasteiger partial charge >= 0.3 is 0 Å². The fourth-order valence-corrected chi connectivity index (χ4v) is 3.92. The summed E-state index contributed by atoms with van der Waals surface area (Å²) in [5.41, 5.74) is 2.00. The van der Waals surface area contributed by atoms with Crippen molar-refractivity contribution < 1.29 is 9.53 Å². The molecule has 0 unspecified atom stereocenters. The first-order valence-electron chi connectivity index (χ1n) is 9.97. The van der Waals surface area contributed by atoms with E-state index in [1.165, 1.54) is 18.4 Å². The van der Waals surface area contributed by atoms with Crippen LogP contribution in [0.2, 0.25) is 0 Å². The predicted molar refractivity (Wildman–Crippen MR) is 108 cm³/mol. The molecule has 5 nitrogen and oxygen atoms in total. The van der Waals surface area contributed by atoms with Crippen LogP contribution in [0.25, 0.3) is 0 Å². The minimum Gasteiger partial charge on any atom is -0.497 e. The zero-order chi connectivity index (χ0) is 19.1. The molecule has 0 radical (unpaired) electrons. The Hall–Kier alpha value is -2.27. The van der Waals surface area contributed by atoms with Gasteiger partial charge in [-0.3, -0.25) is 4.79 Å². The number of carbonyl (C=O) groups excluding carboxylic acids is 1. The van der Waals surface area contributed by atoms with E-state index in [4.69, 9.17) is 4.74 Å². The highest BCUT2D eigenvalue weighted by Crippen LogP contribution is 2.20. The molecule has 0 saturated carbocycles. The van der Waals surface area contributed by atoms with Crippen LogP contribution in [0.5, 0.6) is 5.75 Å². The second-order valence-electron chi connectivity index (χ2n) is 7.34. The summed E-state index contributed by atoms with van der Waals surface area (Å²) >= 11 is 0. The Balaban J connectivity index is 1.51. The third kappa shape index (κ3) is 5.36. The van der Waals surface area contributed by atoms with Crippen LogP contribution in [0.15, 0.2) is 42.6 Å². The van der Waals surface area contributed by atoms with E-state index in [0.29, 0.717) is 11.6 Å². The monoisotopic (exact) mass is 369 g/mol. The van der Waals surface area contributed by atoms with Crippen LogP contribution in [0.1, 0.15) is 35.8 Å². The van der Waals surface area contributed by atoms with Gasteiger partial charge in [0.25, 0.3) is 5.91 Å². The number of amides is 1. The molecule has 2 heterocycles. The zero-order valence-electron chi connectivity index (χ0n) is 16.5. The maximum Gasteiger partial charge on any atom is 0.270 e. The number of nitrogens with zero attached hydrogens (tertiary/aromatic N) is 2. The fourth-order valence-electron chi connectivity index (χ4n) is 3.92. The van der Waals surface area contributed by atoms with Crippen LogP contribution in [0.4, 0.5) is 0 Å². The summed E-state index contributed by atoms with van der Waals surface area (Å²) in [5.74, 6) is 1.57. The lowest BCUT2D eigenvalue weighted by Gasteiger charge is -2.35. The first-order valence-corrected chi connectivity index (χ1v) is 9.97. The Bertz CT molecular complexity index is 714. The molecule has 1 aliphatic heterocycles. The topological polar surface area (TPSA) is 48.6 Å². The highest BCUT2D eigenvalue weighted by atomic mass is 16.5. The van der Waals surface area contributed by atoms with Gasteiger partial charge in [0.15, 0.2) is 0 Å². The molecule has 1 atom stereocenters. The SMILES string of the molecule is CCN(C[C@H]1CCCN(CCc2cccc(OC)c2)C1)C(=O)c1ccc[nH]1. The van der Waals surface area contributed by atoms with Crippen molar-refractivity contribution in [3.63, 3.8) is 0 Å². The van der Waals surface area contributed by atoms with Gasteiger partial charge in [-0.25, -0.2) is 0 Å². The molecule has 1 aromatic carbocycles. The van der Waals surface area contributed by atoms with Gasteiger partial charge < -0.3 is 19.5 Å². The van der Waals surface area contributed by atoms with E-state index in [9.17, 15) is 4.79 Å². The van der Waals surface area contributed by atoms with E-state index >= 15 is 0 Å². The molecule has 146 valence electrons. The molecule has 1 aromatic heterocycles. The number of aromatic amines is 1. The first-order chi connectivity index (χ1) is 13.2. The first kappa shape index (κ1) is 19.5. The van der Waals surface area contributed by atoms with Gasteiger partial charge in [0, 0.05) is 32.4 Å². The lowest BCUT2D eigenvalue weighted by atomic mass is 9.96. The molecule has 1 aliphatic rings. The number of nitrogens with one attached hydrogen (secondary N) is 1. The fraction of sp³-hybridized carbons (Fsp3) is 0.500. The maximum atomic E-state index is 12.6. The van der Waals surface area contributed by atoms with Gasteiger partial charge in [0.05, 0.1) is 7.11 Å². The third-order valence-electron chi connectivity index (χ3n) is 5.43. The van der Waals surface area contributed by atoms with E-state index in [-0.39, 0.29) is 5.91 Å². The predicted octanol–water partition coefficient (Wildman–Crippen LogP) is 3.44. The van der Waals surface area contributed by atoms with E-state index in [0.717, 1.165) is 44.9 Å². The molecular weight excluding hydrogens is 338 g/mol. The average Bonchev–Trinajstić information content (AvgIpc) is 3.25. The van der Waals surface area contributed by atoms with Gasteiger partial charge in [0.2, 0.25) is 0 Å². The Kier molecular flexibility index (Phi) is 6.93. The van der Waals surface area contributed by atoms with E-state index < -0.39 is 0 Å². The summed E-state index contributed by atoms with van der Waals surface area (Å²) < 4.78 is 5.32. The number of piperidine rings is 1. The summed E-state index contributed by atoms with van der Waals surface area (Å²) in [6, 6.07) is 12.1. The number of ether oxygens (including phenoxy) is 1. The standard InChI is InChI=1S/C22H31N3O2/c1-3-25(22(26)21-10-5-12-23-21)17-19-8-6-13-24(16-19)14-11-18-7-4-9-20(15-18)27-2/h4-5,7,9-10,12,15,19,23H,3,6,8,11,13-14,16-17H2,1-2H3/t19-/m0/s1. The van der Waals surface area contributed by atoms with Crippen molar-refractivity contribution in [3.8, 4) is 5.75 Å². The van der Waals surface area contributed by atoms with Gasteiger partial charge in [-0.1, -0.05) is 12.1 Å². The number of rotatable bonds is 8. The summed E-state index contributed by atoms with van der Waals surface area (Å²) in [6.45, 7) is 6.92. The molecule has 1 amide bonds. The smallest absolute Gasteiger partial charge is 0.270 e. The molecule has 27 heavy (non-hydrogen) atoms. The maximum absolute atomic E-state index is 12.6. The molecule has 0 spiro atoms. The van der Waals surface area contributed by atoms with Crippen LogP contribution in [-0.2, 0) is 6.42 Å². The molecule has 1 fully saturated rings. The number of hydrogen-bond acceptors (Lipinski definition) is 3. The summed E-state index contributed by atoms with van der Waals surface area (Å²) in [7, 11) is 1.71. The number of benzene rings is 1. The zero-order valence-corrected chi connectivity index (χ0v) is 16.5. The largest absolute Gasteiger partial charge is 0.497 e. The van der Waals surface area contributed by atoms with Crippen LogP contribution >= 0.6 is 0 Å². The lowest BCUT2D eigenvalue weighted by molar-refractivity contribution is 0.0685. The molecule has 0 aliphatic carbocycles. The van der Waals surface area contributed by atoms with Crippen molar-refractivity contribution in [2.24, 2.45) is 5.92 Å². The normalized spacial score (nSPS) is 17.6. The number of likely N-dealkylation sites (tertiary alicyclic amines) is 1. The van der Waals surface area contributed by atoms with Crippen molar-refractivity contribution in [1.29, 1.82) is 0 Å². The Morgan fingerprint density at radius 3 is 2.96 bits per heavy atom. The van der Waals surface area contributed by atoms with Crippen LogP contribution in [0.3, 0.4) is 0 Å². The second kappa shape index (κ2) is 9.60. The molecule has 1 N–H and O–H groups in total. The number of H-pyrrole nitrogens is 1. The Morgan fingerprint density at radius 1 is 1.33 bits per heavy atom. The molecular formula is C22H31N3O2. The van der Waals surface area contributed by atoms with Crippen LogP contribution in [-0.4, -0.2) is 60.5 Å². The van der Waals surface area contributed by atoms with Crippen molar-refractivity contribution >= 4 is 5.91 Å². The molecule has 0 bridgehead atoms. The Labute approximate surface area is 162 Å². The number of hydrogen-bond donors (Lipinski definition) is 1. The van der Waals surface area contributed by atoms with Crippen molar-refractivity contribution in [2.75, 3.05) is 39.8 Å². The van der Waals surface area contributed by atoms with Gasteiger partial charge in [0.1, 0.15) is 11.4 Å². The quantitative estimate of drug-likeness (QED) is 0.775.